The molecule has 12 heteroatoms. The highest BCUT2D eigenvalue weighted by molar-refractivity contribution is 7.89. The van der Waals surface area contributed by atoms with Crippen molar-refractivity contribution in [2.24, 2.45) is 0 Å². The van der Waals surface area contributed by atoms with Gasteiger partial charge in [0.15, 0.2) is 17.3 Å². The Morgan fingerprint density at radius 3 is 2.56 bits per heavy atom. The second-order valence-electron chi connectivity index (χ2n) is 10.2. The molecule has 1 fully saturated rings. The van der Waals surface area contributed by atoms with Crippen LogP contribution >= 0.6 is 0 Å². The van der Waals surface area contributed by atoms with Gasteiger partial charge in [-0.1, -0.05) is 18.9 Å². The topological polar surface area (TPSA) is 133 Å². The molecule has 2 aromatic carbocycles. The SMILES string of the molecule is COc1ccc(S(=O)(=O)N(CCO)CCO[C@@H]2C[C@H](c3ccc4c(c3)OCO4)C=C(C(=O)NC3CCCC3)O2)cc1. The zero-order chi connectivity index (χ0) is 28.8. The molecule has 11 nitrogen and oxygen atoms in total. The quantitative estimate of drug-likeness (QED) is 0.384. The summed E-state index contributed by atoms with van der Waals surface area (Å²) in [6.07, 6.45) is 5.46. The number of rotatable bonds is 12. The molecule has 0 spiro atoms. The second-order valence-corrected chi connectivity index (χ2v) is 12.1. The number of allylic oxidation sites excluding steroid dienone is 1. The molecule has 2 atom stereocenters. The number of ether oxygens (including phenoxy) is 5. The lowest BCUT2D eigenvalue weighted by Crippen LogP contribution is -2.39. The molecule has 222 valence electrons. The molecule has 1 saturated carbocycles. The fourth-order valence-electron chi connectivity index (χ4n) is 5.27. The van der Waals surface area contributed by atoms with E-state index in [1.165, 1.54) is 19.2 Å². The Morgan fingerprint density at radius 1 is 1.07 bits per heavy atom. The first kappa shape index (κ1) is 29.2. The van der Waals surface area contributed by atoms with Crippen molar-refractivity contribution < 1.29 is 42.0 Å². The molecule has 2 N–H and O–H groups in total. The van der Waals surface area contributed by atoms with Crippen molar-refractivity contribution in [2.45, 2.75) is 55.2 Å². The van der Waals surface area contributed by atoms with Crippen LogP contribution in [0.15, 0.2) is 59.2 Å². The Morgan fingerprint density at radius 2 is 1.83 bits per heavy atom. The second kappa shape index (κ2) is 13.1. The third kappa shape index (κ3) is 6.95. The molecule has 0 radical (unpaired) electrons. The number of carbonyl (C=O) groups excluding carboxylic acids is 1. The minimum atomic E-state index is -3.89. The fraction of sp³-hybridized carbons (Fsp3) is 0.483. The predicted molar refractivity (Wildman–Crippen MR) is 148 cm³/mol. The average Bonchev–Trinajstić information content (AvgIpc) is 3.68. The van der Waals surface area contributed by atoms with Gasteiger partial charge in [0.1, 0.15) is 5.75 Å². The molecule has 1 amide bonds. The van der Waals surface area contributed by atoms with E-state index in [9.17, 15) is 18.3 Å². The number of aliphatic hydroxyl groups excluding tert-OH is 1. The van der Waals surface area contributed by atoms with Gasteiger partial charge in [-0.3, -0.25) is 4.79 Å². The minimum Gasteiger partial charge on any atom is -0.497 e. The lowest BCUT2D eigenvalue weighted by atomic mass is 9.92. The summed E-state index contributed by atoms with van der Waals surface area (Å²) in [5.74, 6) is 1.52. The Kier molecular flexibility index (Phi) is 9.33. The van der Waals surface area contributed by atoms with E-state index in [0.29, 0.717) is 23.7 Å². The number of aliphatic hydroxyl groups is 1. The maximum absolute atomic E-state index is 13.2. The lowest BCUT2D eigenvalue weighted by molar-refractivity contribution is -0.146. The van der Waals surface area contributed by atoms with Crippen molar-refractivity contribution >= 4 is 15.9 Å². The molecule has 0 bridgehead atoms. The number of nitrogens with zero attached hydrogens (tertiary/aromatic N) is 1. The molecule has 41 heavy (non-hydrogen) atoms. The van der Waals surface area contributed by atoms with E-state index < -0.39 is 16.3 Å². The minimum absolute atomic E-state index is 0.00850. The van der Waals surface area contributed by atoms with E-state index in [1.54, 1.807) is 18.2 Å². The van der Waals surface area contributed by atoms with E-state index >= 15 is 0 Å². The van der Waals surface area contributed by atoms with Gasteiger partial charge in [0.2, 0.25) is 23.1 Å². The van der Waals surface area contributed by atoms with Crippen LogP contribution in [-0.4, -0.2) is 76.3 Å². The van der Waals surface area contributed by atoms with Crippen LogP contribution in [0.5, 0.6) is 17.2 Å². The third-order valence-corrected chi connectivity index (χ3v) is 9.40. The summed E-state index contributed by atoms with van der Waals surface area (Å²) in [6, 6.07) is 11.8. The van der Waals surface area contributed by atoms with Crippen LogP contribution in [0.2, 0.25) is 0 Å². The Labute approximate surface area is 240 Å². The third-order valence-electron chi connectivity index (χ3n) is 7.49. The summed E-state index contributed by atoms with van der Waals surface area (Å²) >= 11 is 0. The van der Waals surface area contributed by atoms with Crippen molar-refractivity contribution in [1.29, 1.82) is 0 Å². The van der Waals surface area contributed by atoms with Gasteiger partial charge in [0, 0.05) is 31.5 Å². The Balaban J connectivity index is 1.28. The molecule has 2 aromatic rings. The Bertz CT molecular complexity index is 1340. The van der Waals surface area contributed by atoms with Crippen molar-refractivity contribution in [3.8, 4) is 17.2 Å². The Hall–Kier alpha value is -3.32. The zero-order valence-corrected chi connectivity index (χ0v) is 23.8. The fourth-order valence-corrected chi connectivity index (χ4v) is 6.68. The highest BCUT2D eigenvalue weighted by Gasteiger charge is 2.32. The normalized spacial score (nSPS) is 20.5. The number of hydrogen-bond donors (Lipinski definition) is 2. The molecule has 2 aliphatic heterocycles. The number of amides is 1. The first-order chi connectivity index (χ1) is 19.9. The van der Waals surface area contributed by atoms with Gasteiger partial charge in [-0.2, -0.15) is 4.31 Å². The maximum Gasteiger partial charge on any atom is 0.286 e. The zero-order valence-electron chi connectivity index (χ0n) is 23.0. The van der Waals surface area contributed by atoms with E-state index in [-0.39, 0.29) is 61.6 Å². The van der Waals surface area contributed by atoms with Crippen LogP contribution in [-0.2, 0) is 24.3 Å². The first-order valence-electron chi connectivity index (χ1n) is 13.8. The van der Waals surface area contributed by atoms with Crippen molar-refractivity contribution in [2.75, 3.05) is 40.2 Å². The maximum atomic E-state index is 13.2. The number of methoxy groups -OCH3 is 1. The van der Waals surface area contributed by atoms with Crippen molar-refractivity contribution in [3.05, 3.63) is 59.9 Å². The van der Waals surface area contributed by atoms with Crippen LogP contribution in [0.3, 0.4) is 0 Å². The molecule has 1 aliphatic carbocycles. The smallest absolute Gasteiger partial charge is 0.286 e. The number of benzene rings is 2. The highest BCUT2D eigenvalue weighted by Crippen LogP contribution is 2.38. The van der Waals surface area contributed by atoms with Crippen molar-refractivity contribution in [1.82, 2.24) is 9.62 Å². The van der Waals surface area contributed by atoms with E-state index in [4.69, 9.17) is 23.7 Å². The van der Waals surface area contributed by atoms with Crippen LogP contribution in [0, 0.1) is 0 Å². The molecule has 3 aliphatic rings. The summed E-state index contributed by atoms with van der Waals surface area (Å²) in [6.45, 7) is -0.317. The molecule has 0 unspecified atom stereocenters. The molecule has 2 heterocycles. The number of nitrogens with one attached hydrogen (secondary N) is 1. The molecular weight excluding hydrogens is 552 g/mol. The molecule has 0 saturated heterocycles. The summed E-state index contributed by atoms with van der Waals surface area (Å²) in [5.41, 5.74) is 0.918. The van der Waals surface area contributed by atoms with Crippen LogP contribution < -0.4 is 19.5 Å². The van der Waals surface area contributed by atoms with E-state index in [0.717, 1.165) is 35.6 Å². The van der Waals surface area contributed by atoms with Gasteiger partial charge in [-0.15, -0.1) is 0 Å². The summed E-state index contributed by atoms with van der Waals surface area (Å²) in [7, 11) is -2.39. The summed E-state index contributed by atoms with van der Waals surface area (Å²) in [5, 5.41) is 12.6. The van der Waals surface area contributed by atoms with Crippen LogP contribution in [0.25, 0.3) is 0 Å². The van der Waals surface area contributed by atoms with Gasteiger partial charge in [0.05, 0.1) is 25.2 Å². The van der Waals surface area contributed by atoms with E-state index in [1.807, 2.05) is 18.2 Å². The first-order valence-corrected chi connectivity index (χ1v) is 15.3. The van der Waals surface area contributed by atoms with Crippen LogP contribution in [0.1, 0.15) is 43.6 Å². The molecule has 0 aromatic heterocycles. The highest BCUT2D eigenvalue weighted by atomic mass is 32.2. The lowest BCUT2D eigenvalue weighted by Gasteiger charge is -2.30. The number of carbonyl (C=O) groups is 1. The largest absolute Gasteiger partial charge is 0.497 e. The monoisotopic (exact) mass is 588 g/mol. The van der Waals surface area contributed by atoms with Gasteiger partial charge in [-0.25, -0.2) is 8.42 Å². The van der Waals surface area contributed by atoms with E-state index in [2.05, 4.69) is 5.32 Å². The predicted octanol–water partition coefficient (Wildman–Crippen LogP) is 2.90. The summed E-state index contributed by atoms with van der Waals surface area (Å²) in [4.78, 5) is 13.2. The van der Waals surface area contributed by atoms with Gasteiger partial charge >= 0.3 is 0 Å². The van der Waals surface area contributed by atoms with Crippen LogP contribution in [0.4, 0.5) is 0 Å². The van der Waals surface area contributed by atoms with Gasteiger partial charge in [-0.05, 0) is 60.9 Å². The molecule has 5 rings (SSSR count). The number of sulfonamides is 1. The number of hydrogen-bond acceptors (Lipinski definition) is 9. The standard InChI is InChI=1S/C29H36N2O9S/c1-36-23-7-9-24(10-8-23)41(34,35)31(12-14-32)13-15-37-28-18-21(20-6-11-25-26(16-20)39-19-38-25)17-27(40-28)29(33)30-22-4-2-3-5-22/h6-11,16-17,21-22,28,32H,2-5,12-15,18-19H2,1H3,(H,30,33)/t21-,28+/m1/s1. The summed E-state index contributed by atoms with van der Waals surface area (Å²) < 4.78 is 55.7. The van der Waals surface area contributed by atoms with Gasteiger partial charge < -0.3 is 34.1 Å². The van der Waals surface area contributed by atoms with Crippen molar-refractivity contribution in [3.63, 3.8) is 0 Å². The molecular formula is C29H36N2O9S. The average molecular weight is 589 g/mol. The number of fused-ring (bicyclic) bond motifs is 1. The van der Waals surface area contributed by atoms with Gasteiger partial charge in [0.25, 0.3) is 5.91 Å².